The number of carboxylic acid groups (broad SMARTS) is 2. The fourth-order valence-electron chi connectivity index (χ4n) is 1.10. The van der Waals surface area contributed by atoms with Crippen molar-refractivity contribution in [2.45, 2.75) is 44.7 Å². The molecule has 0 saturated carbocycles. The Morgan fingerprint density at radius 1 is 1.15 bits per heavy atom. The first-order chi connectivity index (χ1) is 9.22. The molecule has 0 rings (SSSR count). The lowest BCUT2D eigenvalue weighted by Crippen LogP contribution is -2.34. The monoisotopic (exact) mass is 291 g/mol. The SMILES string of the molecule is CCCC(N)C(=O)O.N=C(N)NCCC[C@@H](N)C(=O)O. The van der Waals surface area contributed by atoms with Gasteiger partial charge in [0, 0.05) is 6.54 Å². The summed E-state index contributed by atoms with van der Waals surface area (Å²) in [5.41, 5.74) is 15.3. The average Bonchev–Trinajstić information content (AvgIpc) is 2.34. The van der Waals surface area contributed by atoms with Gasteiger partial charge in [-0.1, -0.05) is 13.3 Å². The summed E-state index contributed by atoms with van der Waals surface area (Å²) in [5, 5.41) is 25.9. The molecule has 0 aromatic rings. The predicted octanol–water partition coefficient (Wildman–Crippen LogP) is -1.14. The van der Waals surface area contributed by atoms with Crippen LogP contribution in [0.1, 0.15) is 32.6 Å². The van der Waals surface area contributed by atoms with Crippen molar-refractivity contribution in [1.29, 1.82) is 5.41 Å². The zero-order valence-electron chi connectivity index (χ0n) is 11.6. The zero-order valence-corrected chi connectivity index (χ0v) is 11.6. The smallest absolute Gasteiger partial charge is 0.320 e. The lowest BCUT2D eigenvalue weighted by atomic mass is 10.2. The average molecular weight is 291 g/mol. The largest absolute Gasteiger partial charge is 0.480 e. The van der Waals surface area contributed by atoms with Crippen LogP contribution in [0, 0.1) is 5.41 Å². The van der Waals surface area contributed by atoms with Crippen LogP contribution < -0.4 is 22.5 Å². The standard InChI is InChI=1S/C6H14N4O2.C5H11NO2/c7-4(5(11)12)2-1-3-10-6(8)9;1-2-3-4(6)5(7)8/h4H,1-3,7H2,(H,11,12)(H4,8,9,10);4H,2-3,6H2,1H3,(H,7,8)/t4-;/m1./s1. The van der Waals surface area contributed by atoms with E-state index in [0.717, 1.165) is 6.42 Å². The van der Waals surface area contributed by atoms with E-state index in [2.05, 4.69) is 5.32 Å². The highest BCUT2D eigenvalue weighted by molar-refractivity contribution is 5.74. The van der Waals surface area contributed by atoms with Gasteiger partial charge in [-0.3, -0.25) is 15.0 Å². The van der Waals surface area contributed by atoms with Gasteiger partial charge in [0.2, 0.25) is 0 Å². The molecular weight excluding hydrogens is 266 g/mol. The van der Waals surface area contributed by atoms with E-state index in [0.29, 0.717) is 25.8 Å². The molecule has 0 radical (unpaired) electrons. The van der Waals surface area contributed by atoms with Crippen molar-refractivity contribution in [1.82, 2.24) is 5.32 Å². The molecule has 0 heterocycles. The molecule has 0 aromatic carbocycles. The Balaban J connectivity index is 0. The van der Waals surface area contributed by atoms with Crippen LogP contribution in [0.4, 0.5) is 0 Å². The topological polar surface area (TPSA) is 189 Å². The summed E-state index contributed by atoms with van der Waals surface area (Å²) < 4.78 is 0. The van der Waals surface area contributed by atoms with Crippen LogP contribution in [0.3, 0.4) is 0 Å². The molecule has 10 N–H and O–H groups in total. The minimum atomic E-state index is -1.00. The maximum atomic E-state index is 10.2. The molecule has 0 aromatic heterocycles. The Hall–Kier alpha value is -1.87. The quantitative estimate of drug-likeness (QED) is 0.166. The minimum absolute atomic E-state index is 0.112. The Kier molecular flexibility index (Phi) is 12.5. The molecule has 0 aliphatic carbocycles. The first kappa shape index (κ1) is 20.4. The molecule has 0 fully saturated rings. The summed E-state index contributed by atoms with van der Waals surface area (Å²) in [7, 11) is 0. The number of hydrogen-bond donors (Lipinski definition) is 7. The molecule has 118 valence electrons. The summed E-state index contributed by atoms with van der Waals surface area (Å²) in [6, 6.07) is -1.49. The number of nitrogens with two attached hydrogens (primary N) is 3. The second-order valence-corrected chi connectivity index (χ2v) is 4.16. The number of carbonyl (C=O) groups is 2. The molecule has 2 atom stereocenters. The van der Waals surface area contributed by atoms with E-state index in [1.54, 1.807) is 0 Å². The van der Waals surface area contributed by atoms with Crippen LogP contribution >= 0.6 is 0 Å². The van der Waals surface area contributed by atoms with Gasteiger partial charge < -0.3 is 32.7 Å². The molecule has 0 aliphatic heterocycles. The normalized spacial score (nSPS) is 12.6. The van der Waals surface area contributed by atoms with Crippen LogP contribution in [0.15, 0.2) is 0 Å². The van der Waals surface area contributed by atoms with Gasteiger partial charge in [0.05, 0.1) is 0 Å². The van der Waals surface area contributed by atoms with Crippen LogP contribution in [0.5, 0.6) is 0 Å². The van der Waals surface area contributed by atoms with E-state index in [1.165, 1.54) is 0 Å². The predicted molar refractivity (Wildman–Crippen MR) is 75.3 cm³/mol. The van der Waals surface area contributed by atoms with E-state index in [-0.39, 0.29) is 5.96 Å². The highest BCUT2D eigenvalue weighted by Crippen LogP contribution is 1.92. The Labute approximate surface area is 118 Å². The number of guanidine groups is 1. The van der Waals surface area contributed by atoms with Crippen molar-refractivity contribution in [2.75, 3.05) is 6.54 Å². The van der Waals surface area contributed by atoms with E-state index < -0.39 is 24.0 Å². The number of nitrogens with one attached hydrogen (secondary N) is 2. The fraction of sp³-hybridized carbons (Fsp3) is 0.727. The van der Waals surface area contributed by atoms with Crippen molar-refractivity contribution in [3.8, 4) is 0 Å². The second-order valence-electron chi connectivity index (χ2n) is 4.16. The van der Waals surface area contributed by atoms with Crippen molar-refractivity contribution < 1.29 is 19.8 Å². The lowest BCUT2D eigenvalue weighted by molar-refractivity contribution is -0.139. The van der Waals surface area contributed by atoms with Crippen molar-refractivity contribution in [3.63, 3.8) is 0 Å². The molecule has 0 bridgehead atoms. The first-order valence-electron chi connectivity index (χ1n) is 6.27. The summed E-state index contributed by atoms with van der Waals surface area (Å²) in [4.78, 5) is 20.2. The van der Waals surface area contributed by atoms with Crippen LogP contribution in [0.25, 0.3) is 0 Å². The molecule has 0 aliphatic rings. The van der Waals surface area contributed by atoms with Crippen LogP contribution in [0.2, 0.25) is 0 Å². The van der Waals surface area contributed by atoms with Gasteiger partial charge in [-0.25, -0.2) is 0 Å². The zero-order chi connectivity index (χ0) is 16.1. The van der Waals surface area contributed by atoms with Crippen LogP contribution in [-0.4, -0.2) is 46.7 Å². The van der Waals surface area contributed by atoms with E-state index in [4.69, 9.17) is 32.8 Å². The maximum absolute atomic E-state index is 10.2. The molecule has 1 unspecified atom stereocenters. The van der Waals surface area contributed by atoms with Gasteiger partial charge in [-0.2, -0.15) is 0 Å². The maximum Gasteiger partial charge on any atom is 0.320 e. The molecule has 0 saturated heterocycles. The van der Waals surface area contributed by atoms with E-state index in [1.807, 2.05) is 6.92 Å². The van der Waals surface area contributed by atoms with Crippen molar-refractivity contribution >= 4 is 17.9 Å². The Morgan fingerprint density at radius 2 is 1.60 bits per heavy atom. The number of rotatable bonds is 8. The third kappa shape index (κ3) is 14.2. The highest BCUT2D eigenvalue weighted by Gasteiger charge is 2.09. The summed E-state index contributed by atoms with van der Waals surface area (Å²) >= 11 is 0. The van der Waals surface area contributed by atoms with E-state index in [9.17, 15) is 9.59 Å². The van der Waals surface area contributed by atoms with Gasteiger partial charge in [0.15, 0.2) is 5.96 Å². The van der Waals surface area contributed by atoms with Gasteiger partial charge >= 0.3 is 11.9 Å². The van der Waals surface area contributed by atoms with E-state index >= 15 is 0 Å². The van der Waals surface area contributed by atoms with Gasteiger partial charge in [-0.05, 0) is 19.3 Å². The summed E-state index contributed by atoms with van der Waals surface area (Å²) in [6.45, 7) is 2.39. The summed E-state index contributed by atoms with van der Waals surface area (Å²) in [6.07, 6.45) is 2.37. The Morgan fingerprint density at radius 3 is 1.90 bits per heavy atom. The third-order valence-corrected chi connectivity index (χ3v) is 2.24. The number of hydrogen-bond acceptors (Lipinski definition) is 5. The second kappa shape index (κ2) is 12.2. The number of carboxylic acids is 2. The third-order valence-electron chi connectivity index (χ3n) is 2.24. The fourth-order valence-corrected chi connectivity index (χ4v) is 1.10. The van der Waals surface area contributed by atoms with Crippen molar-refractivity contribution in [2.24, 2.45) is 17.2 Å². The first-order valence-corrected chi connectivity index (χ1v) is 6.27. The number of aliphatic carboxylic acids is 2. The molecule has 20 heavy (non-hydrogen) atoms. The lowest BCUT2D eigenvalue weighted by Gasteiger charge is -2.06. The molecular formula is C11H25N5O4. The summed E-state index contributed by atoms with van der Waals surface area (Å²) in [5.74, 6) is -2.02. The molecule has 9 heteroatoms. The van der Waals surface area contributed by atoms with Gasteiger partial charge in [0.1, 0.15) is 12.1 Å². The van der Waals surface area contributed by atoms with Crippen LogP contribution in [-0.2, 0) is 9.59 Å². The molecule has 0 amide bonds. The minimum Gasteiger partial charge on any atom is -0.480 e. The van der Waals surface area contributed by atoms with Gasteiger partial charge in [-0.15, -0.1) is 0 Å². The molecule has 0 spiro atoms. The highest BCUT2D eigenvalue weighted by atomic mass is 16.4. The molecule has 9 nitrogen and oxygen atoms in total. The van der Waals surface area contributed by atoms with Crippen molar-refractivity contribution in [3.05, 3.63) is 0 Å². The van der Waals surface area contributed by atoms with Gasteiger partial charge in [0.25, 0.3) is 0 Å². The Bertz CT molecular complexity index is 311.